The van der Waals surface area contributed by atoms with E-state index in [-0.39, 0.29) is 22.6 Å². The molecule has 1 saturated heterocycles. The SMILES string of the molecule is C[C@@H]1CN(S(=O)(=O)c2cccc3nonc23)C[C@H](C)O1. The third-order valence-electron chi connectivity index (χ3n) is 3.25. The molecule has 108 valence electrons. The molecule has 0 spiro atoms. The molecule has 1 aromatic carbocycles. The van der Waals surface area contributed by atoms with Crippen LogP contribution in [0.2, 0.25) is 0 Å². The highest BCUT2D eigenvalue weighted by Gasteiger charge is 2.33. The molecule has 1 fully saturated rings. The molecule has 2 aromatic rings. The third kappa shape index (κ3) is 2.19. The quantitative estimate of drug-likeness (QED) is 0.822. The molecular formula is C12H15N3O4S. The molecule has 2 atom stereocenters. The van der Waals surface area contributed by atoms with E-state index < -0.39 is 10.0 Å². The van der Waals surface area contributed by atoms with Gasteiger partial charge in [0, 0.05) is 13.1 Å². The summed E-state index contributed by atoms with van der Waals surface area (Å²) in [4.78, 5) is 0.123. The summed E-state index contributed by atoms with van der Waals surface area (Å²) < 4.78 is 37.1. The van der Waals surface area contributed by atoms with Gasteiger partial charge >= 0.3 is 0 Å². The molecular weight excluding hydrogens is 282 g/mol. The maximum absolute atomic E-state index is 12.8. The number of hydrogen-bond acceptors (Lipinski definition) is 6. The lowest BCUT2D eigenvalue weighted by Crippen LogP contribution is -2.48. The minimum Gasteiger partial charge on any atom is -0.373 e. The lowest BCUT2D eigenvalue weighted by atomic mass is 10.3. The number of aromatic nitrogens is 2. The van der Waals surface area contributed by atoms with Gasteiger partial charge in [-0.25, -0.2) is 13.0 Å². The fourth-order valence-corrected chi connectivity index (χ4v) is 4.18. The summed E-state index contributed by atoms with van der Waals surface area (Å²) >= 11 is 0. The van der Waals surface area contributed by atoms with Crippen LogP contribution in [0.1, 0.15) is 13.8 Å². The highest BCUT2D eigenvalue weighted by molar-refractivity contribution is 7.89. The highest BCUT2D eigenvalue weighted by atomic mass is 32.2. The van der Waals surface area contributed by atoms with Crippen molar-refractivity contribution in [3.63, 3.8) is 0 Å². The van der Waals surface area contributed by atoms with E-state index in [0.717, 1.165) is 0 Å². The van der Waals surface area contributed by atoms with Crippen molar-refractivity contribution in [3.05, 3.63) is 18.2 Å². The lowest BCUT2D eigenvalue weighted by Gasteiger charge is -2.34. The zero-order valence-electron chi connectivity index (χ0n) is 11.2. The smallest absolute Gasteiger partial charge is 0.245 e. The molecule has 1 aliphatic heterocycles. The molecule has 1 aliphatic rings. The molecule has 0 amide bonds. The van der Waals surface area contributed by atoms with E-state index in [2.05, 4.69) is 14.9 Å². The summed E-state index contributed by atoms with van der Waals surface area (Å²) in [5, 5.41) is 7.37. The Kier molecular flexibility index (Phi) is 3.23. The van der Waals surface area contributed by atoms with Crippen LogP contribution in [0.5, 0.6) is 0 Å². The maximum Gasteiger partial charge on any atom is 0.245 e. The number of fused-ring (bicyclic) bond motifs is 1. The number of sulfonamides is 1. The van der Waals surface area contributed by atoms with E-state index in [0.29, 0.717) is 18.6 Å². The number of hydrogen-bond donors (Lipinski definition) is 0. The van der Waals surface area contributed by atoms with E-state index >= 15 is 0 Å². The van der Waals surface area contributed by atoms with Gasteiger partial charge in [-0.1, -0.05) is 6.07 Å². The first kappa shape index (κ1) is 13.5. The Labute approximate surface area is 116 Å². The van der Waals surface area contributed by atoms with E-state index in [1.54, 1.807) is 12.1 Å². The third-order valence-corrected chi connectivity index (χ3v) is 5.12. The highest BCUT2D eigenvalue weighted by Crippen LogP contribution is 2.25. The molecule has 2 heterocycles. The molecule has 8 heteroatoms. The van der Waals surface area contributed by atoms with Crippen LogP contribution in [-0.4, -0.2) is 48.3 Å². The summed E-state index contributed by atoms with van der Waals surface area (Å²) in [5.41, 5.74) is 0.694. The Morgan fingerprint density at radius 2 is 1.90 bits per heavy atom. The predicted molar refractivity (Wildman–Crippen MR) is 70.6 cm³/mol. The Morgan fingerprint density at radius 3 is 2.60 bits per heavy atom. The monoisotopic (exact) mass is 297 g/mol. The topological polar surface area (TPSA) is 85.5 Å². The van der Waals surface area contributed by atoms with Crippen molar-refractivity contribution in [2.75, 3.05) is 13.1 Å². The van der Waals surface area contributed by atoms with Gasteiger partial charge in [-0.05, 0) is 36.3 Å². The van der Waals surface area contributed by atoms with Gasteiger partial charge in [-0.3, -0.25) is 0 Å². The van der Waals surface area contributed by atoms with Gasteiger partial charge in [0.2, 0.25) is 10.0 Å². The Balaban J connectivity index is 2.05. The minimum atomic E-state index is -3.63. The van der Waals surface area contributed by atoms with Gasteiger partial charge in [0.25, 0.3) is 0 Å². The van der Waals surface area contributed by atoms with Crippen molar-refractivity contribution >= 4 is 21.1 Å². The second-order valence-electron chi connectivity index (χ2n) is 4.97. The van der Waals surface area contributed by atoms with E-state index in [1.165, 1.54) is 10.4 Å². The average Bonchev–Trinajstić information content (AvgIpc) is 2.85. The molecule has 20 heavy (non-hydrogen) atoms. The first-order valence-corrected chi connectivity index (χ1v) is 7.79. The van der Waals surface area contributed by atoms with Crippen molar-refractivity contribution in [2.24, 2.45) is 0 Å². The van der Waals surface area contributed by atoms with Crippen LogP contribution in [0.15, 0.2) is 27.7 Å². The van der Waals surface area contributed by atoms with E-state index in [1.807, 2.05) is 13.8 Å². The lowest BCUT2D eigenvalue weighted by molar-refractivity contribution is -0.0440. The zero-order valence-corrected chi connectivity index (χ0v) is 12.0. The standard InChI is InChI=1S/C12H15N3O4S/c1-8-6-15(7-9(2)18-8)20(16,17)11-5-3-4-10-12(11)14-19-13-10/h3-5,8-9H,6-7H2,1-2H3/t8-,9+. The van der Waals surface area contributed by atoms with Crippen molar-refractivity contribution < 1.29 is 17.8 Å². The van der Waals surface area contributed by atoms with Crippen LogP contribution in [0.25, 0.3) is 11.0 Å². The van der Waals surface area contributed by atoms with Gasteiger partial charge < -0.3 is 4.74 Å². The van der Waals surface area contributed by atoms with Crippen molar-refractivity contribution in [2.45, 2.75) is 31.0 Å². The van der Waals surface area contributed by atoms with E-state index in [9.17, 15) is 8.42 Å². The Bertz CT molecular complexity index is 717. The second-order valence-corrected chi connectivity index (χ2v) is 6.87. The van der Waals surface area contributed by atoms with Crippen LogP contribution in [0, 0.1) is 0 Å². The van der Waals surface area contributed by atoms with Crippen molar-refractivity contribution in [3.8, 4) is 0 Å². The van der Waals surface area contributed by atoms with Crippen LogP contribution in [0.3, 0.4) is 0 Å². The van der Waals surface area contributed by atoms with Crippen LogP contribution >= 0.6 is 0 Å². The molecule has 1 aromatic heterocycles. The fourth-order valence-electron chi connectivity index (χ4n) is 2.46. The maximum atomic E-state index is 12.8. The number of rotatable bonds is 2. The number of nitrogens with zero attached hydrogens (tertiary/aromatic N) is 3. The normalized spacial score (nSPS) is 25.1. The van der Waals surface area contributed by atoms with Crippen LogP contribution in [0.4, 0.5) is 0 Å². The Morgan fingerprint density at radius 1 is 1.20 bits per heavy atom. The van der Waals surface area contributed by atoms with Gasteiger partial charge in [-0.15, -0.1) is 0 Å². The average molecular weight is 297 g/mol. The Hall–Kier alpha value is -1.51. The molecule has 3 rings (SSSR count). The molecule has 0 saturated carbocycles. The summed E-state index contributed by atoms with van der Waals surface area (Å²) in [6.45, 7) is 4.37. The fraction of sp³-hybridized carbons (Fsp3) is 0.500. The summed E-state index contributed by atoms with van der Waals surface area (Å²) in [6, 6.07) is 4.81. The second kappa shape index (κ2) is 4.80. The molecule has 0 N–H and O–H groups in total. The van der Waals surface area contributed by atoms with Crippen LogP contribution in [-0.2, 0) is 14.8 Å². The molecule has 0 bridgehead atoms. The predicted octanol–water partition coefficient (Wildman–Crippen LogP) is 1.02. The van der Waals surface area contributed by atoms with Gasteiger partial charge in [-0.2, -0.15) is 4.31 Å². The molecule has 0 aliphatic carbocycles. The molecule has 0 radical (unpaired) electrons. The molecule has 7 nitrogen and oxygen atoms in total. The minimum absolute atomic E-state index is 0.123. The number of benzene rings is 1. The summed E-state index contributed by atoms with van der Waals surface area (Å²) in [5.74, 6) is 0. The summed E-state index contributed by atoms with van der Waals surface area (Å²) in [6.07, 6.45) is -0.272. The first-order valence-electron chi connectivity index (χ1n) is 6.35. The first-order chi connectivity index (χ1) is 9.48. The largest absolute Gasteiger partial charge is 0.373 e. The van der Waals surface area contributed by atoms with E-state index in [4.69, 9.17) is 4.74 Å². The van der Waals surface area contributed by atoms with Crippen LogP contribution < -0.4 is 0 Å². The van der Waals surface area contributed by atoms with Crippen molar-refractivity contribution in [1.29, 1.82) is 0 Å². The molecule has 0 unspecified atom stereocenters. The van der Waals surface area contributed by atoms with Crippen molar-refractivity contribution in [1.82, 2.24) is 14.6 Å². The van der Waals surface area contributed by atoms with Gasteiger partial charge in [0.05, 0.1) is 12.2 Å². The van der Waals surface area contributed by atoms with Gasteiger partial charge in [0.15, 0.2) is 5.52 Å². The number of morpholine rings is 1. The summed E-state index contributed by atoms with van der Waals surface area (Å²) in [7, 11) is -3.63. The number of ether oxygens (including phenoxy) is 1. The van der Waals surface area contributed by atoms with Gasteiger partial charge in [0.1, 0.15) is 10.4 Å². The zero-order chi connectivity index (χ0) is 14.3.